The molecule has 0 heterocycles. The van der Waals surface area contributed by atoms with E-state index < -0.39 is 0 Å². The summed E-state index contributed by atoms with van der Waals surface area (Å²) >= 11 is 1.61. The van der Waals surface area contributed by atoms with Gasteiger partial charge in [0.05, 0.1) is 5.57 Å². The molecule has 2 aromatic rings. The molecular formula is C67H108N2Ni. The Kier molecular flexibility index (Phi) is 47.1. The number of hydrogen-bond acceptors (Lipinski definition) is 0. The zero-order valence-corrected chi connectivity index (χ0v) is 47.7. The van der Waals surface area contributed by atoms with Crippen molar-refractivity contribution in [3.8, 4) is 11.8 Å². The normalized spacial score (nSPS) is 11.6. The Morgan fingerprint density at radius 1 is 0.486 bits per heavy atom. The first-order valence-electron chi connectivity index (χ1n) is 29.8. The van der Waals surface area contributed by atoms with Crippen LogP contribution < -0.4 is 0 Å². The zero-order chi connectivity index (χ0) is 50.6. The first-order valence-corrected chi connectivity index (χ1v) is 30.9. The Bertz CT molecular complexity index is 1740. The van der Waals surface area contributed by atoms with E-state index in [4.69, 9.17) is 0 Å². The van der Waals surface area contributed by atoms with Gasteiger partial charge in [0.1, 0.15) is 0 Å². The van der Waals surface area contributed by atoms with E-state index in [9.17, 15) is 5.53 Å². The third kappa shape index (κ3) is 35.9. The van der Waals surface area contributed by atoms with Crippen LogP contribution in [0, 0.1) is 11.8 Å². The summed E-state index contributed by atoms with van der Waals surface area (Å²) in [5.74, 6) is 10.2. The predicted molar refractivity (Wildman–Crippen MR) is 309 cm³/mol. The average molecular weight is 1000 g/mol. The maximum Gasteiger partial charge on any atom is 0.303 e. The SMILES string of the molecule is CCCC=[CH][Ni][CH]=CCCC.CCCCCCCCCCCCCCCCCCCC#CCCCc1ccccc1C(=C(CCCCC)C(=C=[N+]=[N-])CCCCCCCC)c1cccc(CCCC)c1. The quantitative estimate of drug-likeness (QED) is 0.0121. The molecule has 70 heavy (non-hydrogen) atoms. The van der Waals surface area contributed by atoms with Crippen LogP contribution in [0.5, 0.6) is 0 Å². The van der Waals surface area contributed by atoms with Gasteiger partial charge in [-0.25, -0.2) is 0 Å². The monoisotopic (exact) mass is 999 g/mol. The third-order valence-electron chi connectivity index (χ3n) is 13.4. The van der Waals surface area contributed by atoms with Crippen LogP contribution in [0.1, 0.15) is 301 Å². The zero-order valence-electron chi connectivity index (χ0n) is 46.7. The minimum Gasteiger partial charge on any atom is -0.348 e. The van der Waals surface area contributed by atoms with Gasteiger partial charge < -0.3 is 5.53 Å². The van der Waals surface area contributed by atoms with Crippen molar-refractivity contribution in [2.45, 2.75) is 292 Å². The average Bonchev–Trinajstić information content (AvgIpc) is 3.38. The molecular weight excluding hydrogens is 891 g/mol. The molecule has 0 unspecified atom stereocenters. The first-order chi connectivity index (χ1) is 34.6. The molecule has 0 atom stereocenters. The second kappa shape index (κ2) is 50.8. The molecule has 0 radical (unpaired) electrons. The molecule has 3 heteroatoms. The maximum absolute atomic E-state index is 9.95. The van der Waals surface area contributed by atoms with Crippen molar-refractivity contribution in [1.82, 2.24) is 0 Å². The van der Waals surface area contributed by atoms with Crippen LogP contribution in [0.3, 0.4) is 0 Å². The molecule has 396 valence electrons. The molecule has 0 fully saturated rings. The molecule has 0 aliphatic heterocycles. The fraction of sp³-hybridized carbons (Fsp3) is 0.672. The van der Waals surface area contributed by atoms with Crippen molar-refractivity contribution in [3.05, 3.63) is 110 Å². The molecule has 2 rings (SSSR count). The number of rotatable bonds is 43. The molecule has 2 aromatic carbocycles. The molecule has 0 bridgehead atoms. The topological polar surface area (TPSA) is 36.4 Å². The number of hydrogen-bond donors (Lipinski definition) is 0. The summed E-state index contributed by atoms with van der Waals surface area (Å²) in [7, 11) is 0. The number of allylic oxidation sites excluding steroid dienone is 4. The van der Waals surface area contributed by atoms with Crippen LogP contribution in [0.2, 0.25) is 0 Å². The van der Waals surface area contributed by atoms with E-state index in [1.165, 1.54) is 226 Å². The Balaban J connectivity index is 0.00000197. The maximum atomic E-state index is 9.95. The van der Waals surface area contributed by atoms with Gasteiger partial charge in [-0.05, 0) is 91.2 Å². The van der Waals surface area contributed by atoms with Crippen LogP contribution in [-0.4, -0.2) is 10.7 Å². The Morgan fingerprint density at radius 2 is 0.971 bits per heavy atom. The molecule has 0 amide bonds. The molecule has 0 spiro atoms. The predicted octanol–water partition coefficient (Wildman–Crippen LogP) is 22.1. The summed E-state index contributed by atoms with van der Waals surface area (Å²) in [4.78, 5) is 3.56. The van der Waals surface area contributed by atoms with E-state index in [0.29, 0.717) is 0 Å². The molecule has 2 nitrogen and oxygen atoms in total. The van der Waals surface area contributed by atoms with E-state index in [-0.39, 0.29) is 0 Å². The number of nitrogens with zero attached hydrogens (tertiary/aromatic N) is 2. The van der Waals surface area contributed by atoms with E-state index in [2.05, 4.69) is 135 Å². The van der Waals surface area contributed by atoms with Crippen molar-refractivity contribution in [2.24, 2.45) is 0 Å². The summed E-state index contributed by atoms with van der Waals surface area (Å²) < 4.78 is 0. The van der Waals surface area contributed by atoms with Crippen LogP contribution >= 0.6 is 0 Å². The van der Waals surface area contributed by atoms with Gasteiger partial charge in [-0.1, -0.05) is 230 Å². The largest absolute Gasteiger partial charge is 0.348 e. The van der Waals surface area contributed by atoms with Gasteiger partial charge in [-0.3, -0.25) is 0 Å². The fourth-order valence-electron chi connectivity index (χ4n) is 9.18. The van der Waals surface area contributed by atoms with Crippen LogP contribution in [-0.2, 0) is 27.3 Å². The molecule has 0 saturated carbocycles. The summed E-state index contributed by atoms with van der Waals surface area (Å²) in [5.41, 5.74) is 19.1. The van der Waals surface area contributed by atoms with Gasteiger partial charge in [0.25, 0.3) is 0 Å². The van der Waals surface area contributed by atoms with Gasteiger partial charge >= 0.3 is 82.1 Å². The third-order valence-corrected chi connectivity index (χ3v) is 14.3. The van der Waals surface area contributed by atoms with Crippen LogP contribution in [0.4, 0.5) is 0 Å². The number of aryl methyl sites for hydroxylation is 2. The van der Waals surface area contributed by atoms with Crippen LogP contribution in [0.25, 0.3) is 11.1 Å². The van der Waals surface area contributed by atoms with E-state index in [0.717, 1.165) is 63.4 Å². The summed E-state index contributed by atoms with van der Waals surface area (Å²) in [6, 6.07) is 18.4. The van der Waals surface area contributed by atoms with Crippen LogP contribution in [0.15, 0.2) is 81.9 Å². The molecule has 0 saturated heterocycles. The van der Waals surface area contributed by atoms with Gasteiger partial charge in [0, 0.05) is 12.8 Å². The van der Waals surface area contributed by atoms with E-state index in [1.54, 1.807) is 14.4 Å². The first kappa shape index (κ1) is 64.9. The van der Waals surface area contributed by atoms with Gasteiger partial charge in [0.15, 0.2) is 0 Å². The second-order valence-corrected chi connectivity index (χ2v) is 20.9. The van der Waals surface area contributed by atoms with Crippen molar-refractivity contribution in [3.63, 3.8) is 0 Å². The number of unbranched alkanes of at least 4 members (excludes halogenated alkanes) is 28. The Morgan fingerprint density at radius 3 is 1.51 bits per heavy atom. The van der Waals surface area contributed by atoms with E-state index >= 15 is 0 Å². The fourth-order valence-corrected chi connectivity index (χ4v) is 9.88. The van der Waals surface area contributed by atoms with Crippen molar-refractivity contribution in [2.75, 3.05) is 0 Å². The number of benzene rings is 2. The Hall–Kier alpha value is -3.13. The van der Waals surface area contributed by atoms with Crippen molar-refractivity contribution in [1.29, 1.82) is 0 Å². The molecule has 0 N–H and O–H groups in total. The smallest absolute Gasteiger partial charge is 0.303 e. The van der Waals surface area contributed by atoms with Gasteiger partial charge in [-0.15, -0.1) is 16.6 Å². The Labute approximate surface area is 441 Å². The van der Waals surface area contributed by atoms with Gasteiger partial charge in [-0.2, -0.15) is 0 Å². The standard InChI is InChI=1S/C57H90N2.2C5H9.Ni/c1-5-9-13-15-17-18-19-20-21-22-23-24-25-26-27-28-29-30-31-32-34-36-43-52-44-38-39-48-55(52)57(53-46-40-42-51(49-53)41-12-8-4)56(47-35-11-7-3)54(50-59-58)45-37-33-16-14-10-6-2;2*1-3-5-4-2;/h38-40,42,44,46,48-49H,5-30,33-37,41,43,45,47H2,1-4H3;2*1,3H,4-5H2,2H3;. The van der Waals surface area contributed by atoms with Crippen molar-refractivity contribution < 1.29 is 19.2 Å². The summed E-state index contributed by atoms with van der Waals surface area (Å²) in [6.45, 7) is 13.5. The summed E-state index contributed by atoms with van der Waals surface area (Å²) in [6.07, 6.45) is 53.7. The molecule has 0 aliphatic rings. The minimum atomic E-state index is 0.897. The summed E-state index contributed by atoms with van der Waals surface area (Å²) in [5, 5.41) is 4.37. The molecule has 0 aliphatic carbocycles. The van der Waals surface area contributed by atoms with E-state index in [1.807, 2.05) is 0 Å². The minimum absolute atomic E-state index is 0.897. The van der Waals surface area contributed by atoms with Gasteiger partial charge in [0.2, 0.25) is 0 Å². The van der Waals surface area contributed by atoms with Crippen molar-refractivity contribution >= 4 is 11.4 Å². The second-order valence-electron chi connectivity index (χ2n) is 20.0. The molecule has 0 aromatic heterocycles.